The number of hydrogen-bond acceptors (Lipinski definition) is 4. The summed E-state index contributed by atoms with van der Waals surface area (Å²) in [6.07, 6.45) is 0. The van der Waals surface area contributed by atoms with E-state index in [-0.39, 0.29) is 0 Å². The highest BCUT2D eigenvalue weighted by molar-refractivity contribution is 9.10. The lowest BCUT2D eigenvalue weighted by atomic mass is 10.3. The van der Waals surface area contributed by atoms with Gasteiger partial charge in [-0.05, 0) is 36.8 Å². The molecular weight excluding hydrogens is 318 g/mol. The highest BCUT2D eigenvalue weighted by atomic mass is 79.9. The summed E-state index contributed by atoms with van der Waals surface area (Å²) in [5.74, 6) is 0. The van der Waals surface area contributed by atoms with Gasteiger partial charge in [-0.2, -0.15) is 5.10 Å². The van der Waals surface area contributed by atoms with E-state index < -0.39 is 0 Å². The molecule has 2 rings (SSSR count). The van der Waals surface area contributed by atoms with E-state index >= 15 is 0 Å². The first-order valence-electron chi connectivity index (χ1n) is 7.45. The van der Waals surface area contributed by atoms with Gasteiger partial charge in [-0.15, -0.1) is 0 Å². The van der Waals surface area contributed by atoms with Gasteiger partial charge in [0.15, 0.2) is 0 Å². The van der Waals surface area contributed by atoms with Gasteiger partial charge in [0, 0.05) is 52.4 Å². The number of aromatic nitrogens is 2. The number of likely N-dealkylation sites (N-methyl/N-ethyl adjacent to an activating group) is 1. The molecule has 0 aromatic carbocycles. The Bertz CT molecular complexity index is 425. The van der Waals surface area contributed by atoms with Gasteiger partial charge in [-0.3, -0.25) is 14.5 Å². The monoisotopic (exact) mass is 343 g/mol. The van der Waals surface area contributed by atoms with Gasteiger partial charge in [0.25, 0.3) is 0 Å². The Morgan fingerprint density at radius 3 is 2.70 bits per heavy atom. The first kappa shape index (κ1) is 15.9. The molecule has 6 heteroatoms. The topological polar surface area (TPSA) is 36.3 Å². The third kappa shape index (κ3) is 4.04. The zero-order valence-electron chi connectivity index (χ0n) is 12.8. The molecule has 20 heavy (non-hydrogen) atoms. The average Bonchev–Trinajstić information content (AvgIpc) is 2.74. The Balaban J connectivity index is 1.86. The van der Waals surface area contributed by atoms with Gasteiger partial charge < -0.3 is 5.32 Å². The molecule has 0 bridgehead atoms. The number of halogens is 1. The van der Waals surface area contributed by atoms with Crippen molar-refractivity contribution in [1.82, 2.24) is 24.9 Å². The lowest BCUT2D eigenvalue weighted by Gasteiger charge is -2.29. The van der Waals surface area contributed by atoms with Crippen LogP contribution in [0.4, 0.5) is 0 Å². The molecule has 0 amide bonds. The highest BCUT2D eigenvalue weighted by Gasteiger charge is 2.15. The van der Waals surface area contributed by atoms with E-state index in [0.29, 0.717) is 0 Å². The van der Waals surface area contributed by atoms with Crippen LogP contribution in [0.1, 0.15) is 18.3 Å². The van der Waals surface area contributed by atoms with E-state index in [1.54, 1.807) is 0 Å². The molecule has 1 aliphatic heterocycles. The van der Waals surface area contributed by atoms with Crippen molar-refractivity contribution in [2.75, 3.05) is 46.3 Å². The summed E-state index contributed by atoms with van der Waals surface area (Å²) in [7, 11) is 2.19. The van der Waals surface area contributed by atoms with Crippen molar-refractivity contribution < 1.29 is 0 Å². The summed E-state index contributed by atoms with van der Waals surface area (Å²) in [6.45, 7) is 12.9. The van der Waals surface area contributed by atoms with Crippen LogP contribution in [-0.4, -0.2) is 65.9 Å². The van der Waals surface area contributed by atoms with Crippen LogP contribution in [0.15, 0.2) is 4.47 Å². The fraction of sp³-hybridized carbons (Fsp3) is 0.786. The summed E-state index contributed by atoms with van der Waals surface area (Å²) in [5, 5.41) is 7.95. The number of nitrogens with zero attached hydrogens (tertiary/aromatic N) is 4. The van der Waals surface area contributed by atoms with Crippen LogP contribution in [0.2, 0.25) is 0 Å². The second-order valence-corrected chi connectivity index (χ2v) is 6.28. The molecule has 0 radical (unpaired) electrons. The third-order valence-electron chi connectivity index (χ3n) is 3.88. The Labute approximate surface area is 130 Å². The van der Waals surface area contributed by atoms with Gasteiger partial charge in [0.05, 0.1) is 15.9 Å². The molecule has 0 aliphatic carbocycles. The standard InChI is InChI=1S/C14H26BrN5/c1-4-20-13(14(15)12(2)17-20)11-18(3)9-10-19-7-5-16-6-8-19/h16H,4-11H2,1-3H3. The van der Waals surface area contributed by atoms with Crippen LogP contribution in [0.3, 0.4) is 0 Å². The van der Waals surface area contributed by atoms with E-state index in [9.17, 15) is 0 Å². The predicted octanol–water partition coefficient (Wildman–Crippen LogP) is 1.31. The number of hydrogen-bond donors (Lipinski definition) is 1. The van der Waals surface area contributed by atoms with Crippen molar-refractivity contribution in [1.29, 1.82) is 0 Å². The van der Waals surface area contributed by atoms with Crippen LogP contribution >= 0.6 is 15.9 Å². The summed E-state index contributed by atoms with van der Waals surface area (Å²) < 4.78 is 3.26. The van der Waals surface area contributed by atoms with Crippen LogP contribution in [0, 0.1) is 6.92 Å². The van der Waals surface area contributed by atoms with Crippen LogP contribution in [0.5, 0.6) is 0 Å². The number of rotatable bonds is 6. The molecule has 1 aromatic rings. The Hall–Kier alpha value is -0.430. The van der Waals surface area contributed by atoms with E-state index in [4.69, 9.17) is 0 Å². The Kier molecular flexibility index (Phi) is 6.01. The molecule has 1 aliphatic rings. The third-order valence-corrected chi connectivity index (χ3v) is 4.91. The van der Waals surface area contributed by atoms with Gasteiger partial charge >= 0.3 is 0 Å². The molecule has 0 atom stereocenters. The van der Waals surface area contributed by atoms with Crippen LogP contribution < -0.4 is 5.32 Å². The van der Waals surface area contributed by atoms with Crippen molar-refractivity contribution in [2.45, 2.75) is 26.9 Å². The maximum Gasteiger partial charge on any atom is 0.0739 e. The molecule has 2 heterocycles. The molecule has 0 saturated carbocycles. The minimum Gasteiger partial charge on any atom is -0.314 e. The molecule has 1 saturated heterocycles. The zero-order chi connectivity index (χ0) is 14.5. The summed E-state index contributed by atoms with van der Waals surface area (Å²) in [5.41, 5.74) is 2.37. The maximum absolute atomic E-state index is 4.56. The largest absolute Gasteiger partial charge is 0.314 e. The van der Waals surface area contributed by atoms with E-state index in [1.165, 1.54) is 18.8 Å². The van der Waals surface area contributed by atoms with E-state index in [0.717, 1.165) is 49.4 Å². The average molecular weight is 344 g/mol. The fourth-order valence-electron chi connectivity index (χ4n) is 2.60. The molecular formula is C14H26BrN5. The molecule has 114 valence electrons. The van der Waals surface area contributed by atoms with Crippen molar-refractivity contribution in [3.8, 4) is 0 Å². The van der Waals surface area contributed by atoms with Gasteiger partial charge in [0.1, 0.15) is 0 Å². The predicted molar refractivity (Wildman–Crippen MR) is 86.0 cm³/mol. The van der Waals surface area contributed by atoms with Gasteiger partial charge in [-0.25, -0.2) is 0 Å². The maximum atomic E-state index is 4.56. The summed E-state index contributed by atoms with van der Waals surface area (Å²) >= 11 is 3.67. The van der Waals surface area contributed by atoms with E-state index in [1.807, 2.05) is 0 Å². The molecule has 1 fully saturated rings. The quantitative estimate of drug-likeness (QED) is 0.844. The number of piperazine rings is 1. The molecule has 0 unspecified atom stereocenters. The van der Waals surface area contributed by atoms with Crippen molar-refractivity contribution in [3.63, 3.8) is 0 Å². The minimum absolute atomic E-state index is 0.924. The Morgan fingerprint density at radius 1 is 1.35 bits per heavy atom. The number of aryl methyl sites for hydroxylation is 2. The highest BCUT2D eigenvalue weighted by Crippen LogP contribution is 2.22. The summed E-state index contributed by atoms with van der Waals surface area (Å²) in [6, 6.07) is 0. The van der Waals surface area contributed by atoms with E-state index in [2.05, 4.69) is 61.7 Å². The lowest BCUT2D eigenvalue weighted by Crippen LogP contribution is -2.45. The normalized spacial score (nSPS) is 17.1. The molecule has 1 aromatic heterocycles. The SMILES string of the molecule is CCn1nc(C)c(Br)c1CN(C)CCN1CCNCC1. The minimum atomic E-state index is 0.924. The Morgan fingerprint density at radius 2 is 2.05 bits per heavy atom. The zero-order valence-corrected chi connectivity index (χ0v) is 14.4. The first-order valence-corrected chi connectivity index (χ1v) is 8.24. The molecule has 0 spiro atoms. The molecule has 1 N–H and O–H groups in total. The van der Waals surface area contributed by atoms with Crippen LogP contribution in [-0.2, 0) is 13.1 Å². The van der Waals surface area contributed by atoms with Gasteiger partial charge in [0.2, 0.25) is 0 Å². The van der Waals surface area contributed by atoms with Crippen molar-refractivity contribution in [2.24, 2.45) is 0 Å². The van der Waals surface area contributed by atoms with Crippen LogP contribution in [0.25, 0.3) is 0 Å². The lowest BCUT2D eigenvalue weighted by molar-refractivity contribution is 0.200. The van der Waals surface area contributed by atoms with Gasteiger partial charge in [-0.1, -0.05) is 0 Å². The van der Waals surface area contributed by atoms with Crippen molar-refractivity contribution >= 4 is 15.9 Å². The number of nitrogens with one attached hydrogen (secondary N) is 1. The first-order chi connectivity index (χ1) is 9.61. The van der Waals surface area contributed by atoms with Crippen molar-refractivity contribution in [3.05, 3.63) is 15.9 Å². The molecule has 5 nitrogen and oxygen atoms in total. The fourth-order valence-corrected chi connectivity index (χ4v) is 3.01. The second-order valence-electron chi connectivity index (χ2n) is 5.49. The smallest absolute Gasteiger partial charge is 0.0739 e. The second kappa shape index (κ2) is 7.54. The summed E-state index contributed by atoms with van der Waals surface area (Å²) in [4.78, 5) is 4.92.